The van der Waals surface area contributed by atoms with E-state index in [0.29, 0.717) is 18.1 Å². The van der Waals surface area contributed by atoms with Gasteiger partial charge in [0.15, 0.2) is 0 Å². The van der Waals surface area contributed by atoms with Crippen molar-refractivity contribution in [3.8, 4) is 0 Å². The van der Waals surface area contributed by atoms with Crippen LogP contribution in [0.15, 0.2) is 60.7 Å². The second-order valence-electron chi connectivity index (χ2n) is 8.92. The summed E-state index contributed by atoms with van der Waals surface area (Å²) in [7, 11) is -2.49. The van der Waals surface area contributed by atoms with Crippen molar-refractivity contribution in [3.05, 3.63) is 60.7 Å². The van der Waals surface area contributed by atoms with Gasteiger partial charge in [0.25, 0.3) is 8.32 Å². The number of ketones is 1. The molecule has 2 saturated carbocycles. The number of hydrogen-bond donors (Lipinski definition) is 0. The molecular formula is C23H28O2Si. The van der Waals surface area contributed by atoms with Gasteiger partial charge >= 0.3 is 0 Å². The Morgan fingerprint density at radius 3 is 1.81 bits per heavy atom. The summed E-state index contributed by atoms with van der Waals surface area (Å²) in [6, 6.07) is 21.6. The number of carbonyl (C=O) groups excluding carboxylic acids is 1. The highest BCUT2D eigenvalue weighted by atomic mass is 28.4. The molecule has 2 aromatic carbocycles. The predicted octanol–water partition coefficient (Wildman–Crippen LogP) is 3.93. The van der Waals surface area contributed by atoms with Crippen molar-refractivity contribution in [2.24, 2.45) is 11.8 Å². The van der Waals surface area contributed by atoms with Crippen molar-refractivity contribution in [2.75, 3.05) is 0 Å². The zero-order chi connectivity index (χ0) is 18.4. The third-order valence-electron chi connectivity index (χ3n) is 6.29. The minimum absolute atomic E-state index is 0.00154. The van der Waals surface area contributed by atoms with Crippen LogP contribution in [0.3, 0.4) is 0 Å². The van der Waals surface area contributed by atoms with Gasteiger partial charge < -0.3 is 4.43 Å². The predicted molar refractivity (Wildman–Crippen MR) is 108 cm³/mol. The van der Waals surface area contributed by atoms with Crippen LogP contribution in [-0.2, 0) is 9.22 Å². The normalized spacial score (nSPS) is 25.7. The van der Waals surface area contributed by atoms with E-state index in [-0.39, 0.29) is 17.1 Å². The molecule has 2 fully saturated rings. The van der Waals surface area contributed by atoms with E-state index in [0.717, 1.165) is 12.8 Å². The lowest BCUT2D eigenvalue weighted by atomic mass is 9.97. The first-order valence-electron chi connectivity index (χ1n) is 9.73. The Morgan fingerprint density at radius 1 is 0.885 bits per heavy atom. The molecule has 0 spiro atoms. The van der Waals surface area contributed by atoms with E-state index in [1.807, 2.05) is 0 Å². The van der Waals surface area contributed by atoms with Gasteiger partial charge in [0.05, 0.1) is 0 Å². The second kappa shape index (κ2) is 6.47. The highest BCUT2D eigenvalue weighted by Crippen LogP contribution is 2.47. The maximum absolute atomic E-state index is 12.0. The van der Waals surface area contributed by atoms with E-state index in [1.54, 1.807) is 0 Å². The molecule has 2 aliphatic rings. The van der Waals surface area contributed by atoms with Crippen molar-refractivity contribution < 1.29 is 9.22 Å². The van der Waals surface area contributed by atoms with Crippen LogP contribution in [-0.4, -0.2) is 20.2 Å². The number of hydrogen-bond acceptors (Lipinski definition) is 2. The Balaban J connectivity index is 1.82. The zero-order valence-corrected chi connectivity index (χ0v) is 16.9. The van der Waals surface area contributed by atoms with Crippen LogP contribution in [0, 0.1) is 11.8 Å². The fraction of sp³-hybridized carbons (Fsp3) is 0.435. The Kier molecular flexibility index (Phi) is 4.40. The van der Waals surface area contributed by atoms with Gasteiger partial charge in [0.1, 0.15) is 5.78 Å². The summed E-state index contributed by atoms with van der Waals surface area (Å²) in [5, 5.41) is 2.65. The van der Waals surface area contributed by atoms with Crippen molar-refractivity contribution in [1.82, 2.24) is 0 Å². The lowest BCUT2D eigenvalue weighted by molar-refractivity contribution is -0.123. The maximum Gasteiger partial charge on any atom is 0.261 e. The van der Waals surface area contributed by atoms with E-state index >= 15 is 0 Å². The maximum atomic E-state index is 12.0. The van der Waals surface area contributed by atoms with Crippen LogP contribution in [0.5, 0.6) is 0 Å². The summed E-state index contributed by atoms with van der Waals surface area (Å²) in [6.45, 7) is 6.95. The van der Waals surface area contributed by atoms with Gasteiger partial charge in [-0.05, 0) is 34.2 Å². The monoisotopic (exact) mass is 364 g/mol. The number of benzene rings is 2. The Labute approximate surface area is 157 Å². The molecule has 0 radical (unpaired) electrons. The van der Waals surface area contributed by atoms with Crippen LogP contribution in [0.4, 0.5) is 0 Å². The average molecular weight is 365 g/mol. The van der Waals surface area contributed by atoms with Gasteiger partial charge in [-0.15, -0.1) is 0 Å². The first-order chi connectivity index (χ1) is 12.4. The molecule has 0 saturated heterocycles. The smallest absolute Gasteiger partial charge is 0.261 e. The average Bonchev–Trinajstić information content (AvgIpc) is 3.19. The van der Waals surface area contributed by atoms with Crippen LogP contribution >= 0.6 is 0 Å². The molecule has 2 aliphatic carbocycles. The minimum Gasteiger partial charge on any atom is -0.404 e. The number of carbonyl (C=O) groups is 1. The highest BCUT2D eigenvalue weighted by Gasteiger charge is 2.55. The molecule has 0 aliphatic heterocycles. The minimum atomic E-state index is -2.49. The fourth-order valence-electron chi connectivity index (χ4n) is 5.05. The molecule has 0 aromatic heterocycles. The SMILES string of the molecule is CC(C)(C)[Si](O[C@H]1CC2C[C@@H]1CC2=O)(c1ccccc1)c1ccccc1. The fourth-order valence-corrected chi connectivity index (χ4v) is 9.81. The molecule has 3 atom stereocenters. The van der Waals surface area contributed by atoms with E-state index < -0.39 is 8.32 Å². The number of fused-ring (bicyclic) bond motifs is 2. The molecular weight excluding hydrogens is 336 g/mol. The summed E-state index contributed by atoms with van der Waals surface area (Å²) in [6.07, 6.45) is 2.87. The lowest BCUT2D eigenvalue weighted by Crippen LogP contribution is -2.68. The van der Waals surface area contributed by atoms with Gasteiger partial charge in [-0.3, -0.25) is 4.79 Å². The molecule has 0 heterocycles. The van der Waals surface area contributed by atoms with E-state index in [9.17, 15) is 4.79 Å². The third kappa shape index (κ3) is 2.78. The Bertz CT molecular complexity index is 739. The number of rotatable bonds is 4. The first-order valence-corrected chi connectivity index (χ1v) is 11.6. The van der Waals surface area contributed by atoms with Crippen LogP contribution < -0.4 is 10.4 Å². The van der Waals surface area contributed by atoms with Gasteiger partial charge in [0.2, 0.25) is 0 Å². The van der Waals surface area contributed by atoms with Crippen LogP contribution in [0.1, 0.15) is 40.0 Å². The van der Waals surface area contributed by atoms with E-state index in [4.69, 9.17) is 4.43 Å². The number of Topliss-reactive ketones (excluding diaryl/α,β-unsaturated/α-hetero) is 1. The molecule has 136 valence electrons. The van der Waals surface area contributed by atoms with E-state index in [1.165, 1.54) is 10.4 Å². The Hall–Kier alpha value is -1.71. The zero-order valence-electron chi connectivity index (χ0n) is 15.9. The third-order valence-corrected chi connectivity index (χ3v) is 11.4. The molecule has 2 nitrogen and oxygen atoms in total. The topological polar surface area (TPSA) is 26.3 Å². The summed E-state index contributed by atoms with van der Waals surface area (Å²) in [4.78, 5) is 12.0. The summed E-state index contributed by atoms with van der Waals surface area (Å²) in [5.74, 6) is 1.11. The lowest BCUT2D eigenvalue weighted by Gasteiger charge is -2.46. The van der Waals surface area contributed by atoms with E-state index in [2.05, 4.69) is 81.4 Å². The molecule has 0 N–H and O–H groups in total. The van der Waals surface area contributed by atoms with Crippen LogP contribution in [0.25, 0.3) is 0 Å². The van der Waals surface area contributed by atoms with Crippen molar-refractivity contribution in [2.45, 2.75) is 51.2 Å². The summed E-state index contributed by atoms with van der Waals surface area (Å²) in [5.41, 5.74) is 0. The highest BCUT2D eigenvalue weighted by molar-refractivity contribution is 6.99. The quantitative estimate of drug-likeness (QED) is 0.769. The molecule has 26 heavy (non-hydrogen) atoms. The second-order valence-corrected chi connectivity index (χ2v) is 13.2. The van der Waals surface area contributed by atoms with Crippen molar-refractivity contribution in [3.63, 3.8) is 0 Å². The van der Waals surface area contributed by atoms with Gasteiger partial charge in [0, 0.05) is 18.4 Å². The summed E-state index contributed by atoms with van der Waals surface area (Å²) >= 11 is 0. The van der Waals surface area contributed by atoms with Gasteiger partial charge in [-0.1, -0.05) is 81.4 Å². The van der Waals surface area contributed by atoms with Crippen LogP contribution in [0.2, 0.25) is 5.04 Å². The van der Waals surface area contributed by atoms with Crippen molar-refractivity contribution >= 4 is 24.5 Å². The standard InChI is InChI=1S/C23H28O2Si/c1-23(2,3)26(19-10-6-4-7-11-19,20-12-8-5-9-13-20)25-22-16-17-14-18(22)15-21(17)24/h4-13,17-18,22H,14-16H2,1-3H3/t17?,18-,22+/m1/s1. The molecule has 3 heteroatoms. The molecule has 2 bridgehead atoms. The van der Waals surface area contributed by atoms with Gasteiger partial charge in [-0.25, -0.2) is 0 Å². The molecule has 2 aromatic rings. The molecule has 0 amide bonds. The molecule has 4 rings (SSSR count). The van der Waals surface area contributed by atoms with Gasteiger partial charge in [-0.2, -0.15) is 0 Å². The Morgan fingerprint density at radius 2 is 1.42 bits per heavy atom. The van der Waals surface area contributed by atoms with Crippen molar-refractivity contribution in [1.29, 1.82) is 0 Å². The summed E-state index contributed by atoms with van der Waals surface area (Å²) < 4.78 is 7.20. The molecule has 1 unspecified atom stereocenters. The first kappa shape index (κ1) is 17.7. The largest absolute Gasteiger partial charge is 0.404 e.